The van der Waals surface area contributed by atoms with Crippen molar-refractivity contribution >= 4 is 46.7 Å². The van der Waals surface area contributed by atoms with Crippen LogP contribution in [0.25, 0.3) is 0 Å². The number of amides is 3. The number of imide groups is 1. The normalized spacial score (nSPS) is 21.8. The van der Waals surface area contributed by atoms with Crippen LogP contribution in [0, 0.1) is 24.7 Å². The number of aryl methyl sites for hydroxylation is 1. The van der Waals surface area contributed by atoms with Crippen LogP contribution in [-0.4, -0.2) is 40.1 Å². The van der Waals surface area contributed by atoms with E-state index in [-0.39, 0.29) is 21.5 Å². The van der Waals surface area contributed by atoms with Gasteiger partial charge in [0.1, 0.15) is 6.54 Å². The summed E-state index contributed by atoms with van der Waals surface area (Å²) in [4.78, 5) is 53.2. The first-order chi connectivity index (χ1) is 15.7. The Kier molecular flexibility index (Phi) is 6.41. The summed E-state index contributed by atoms with van der Waals surface area (Å²) in [5.41, 5.74) is 1.47. The Morgan fingerprint density at radius 1 is 1.00 bits per heavy atom. The van der Waals surface area contributed by atoms with E-state index in [1.807, 2.05) is 26.0 Å². The number of ketones is 1. The molecule has 3 atom stereocenters. The maximum absolute atomic E-state index is 13.5. The van der Waals surface area contributed by atoms with Crippen LogP contribution < -0.4 is 0 Å². The fourth-order valence-corrected chi connectivity index (χ4v) is 4.65. The van der Waals surface area contributed by atoms with Crippen LogP contribution in [0.3, 0.4) is 0 Å². The zero-order valence-electron chi connectivity index (χ0n) is 18.1. The molecule has 0 saturated carbocycles. The van der Waals surface area contributed by atoms with Crippen molar-refractivity contribution in [2.45, 2.75) is 20.3 Å². The highest BCUT2D eigenvalue weighted by molar-refractivity contribution is 6.42. The molecule has 0 spiro atoms. The highest BCUT2D eigenvalue weighted by atomic mass is 35.5. The number of fused-ring (bicyclic) bond motifs is 1. The Bertz CT molecular complexity index is 1180. The fourth-order valence-electron chi connectivity index (χ4n) is 4.35. The van der Waals surface area contributed by atoms with Crippen molar-refractivity contribution in [3.05, 3.63) is 81.4 Å². The van der Waals surface area contributed by atoms with Gasteiger partial charge in [-0.25, -0.2) is 5.01 Å². The summed E-state index contributed by atoms with van der Waals surface area (Å²) >= 11 is 12.1. The lowest BCUT2D eigenvalue weighted by Crippen LogP contribution is -2.52. The van der Waals surface area contributed by atoms with Gasteiger partial charge in [-0.1, -0.05) is 72.1 Å². The van der Waals surface area contributed by atoms with E-state index < -0.39 is 41.9 Å². The molecule has 0 radical (unpaired) electrons. The van der Waals surface area contributed by atoms with Gasteiger partial charge in [0.15, 0.2) is 5.78 Å². The van der Waals surface area contributed by atoms with Crippen LogP contribution in [0.5, 0.6) is 0 Å². The quantitative estimate of drug-likeness (QED) is 0.349. The molecule has 1 aliphatic carbocycles. The third-order valence-electron chi connectivity index (χ3n) is 6.16. The molecule has 6 nitrogen and oxygen atoms in total. The summed E-state index contributed by atoms with van der Waals surface area (Å²) in [6, 6.07) is 11.1. The molecule has 0 N–H and O–H groups in total. The van der Waals surface area contributed by atoms with Gasteiger partial charge in [0.25, 0.3) is 17.7 Å². The summed E-state index contributed by atoms with van der Waals surface area (Å²) in [7, 11) is 0. The standard InChI is InChI=1S/C25H22Cl2N2O4/c1-14-6-8-16(9-7-14)21(30)13-28(23(31)17-10-11-19(26)20(27)12-17)29-24(32)18-5-3-4-15(2)22(18)25(29)33/h3-4,6-12,15,18,22H,5,13H2,1-2H3/t15-,18+,22+/m0/s1. The fraction of sp³-hybridized carbons (Fsp3) is 0.280. The lowest BCUT2D eigenvalue weighted by molar-refractivity contribution is -0.154. The molecular formula is C25H22Cl2N2O4. The minimum Gasteiger partial charge on any atom is -0.292 e. The van der Waals surface area contributed by atoms with E-state index in [0.717, 1.165) is 15.6 Å². The predicted octanol–water partition coefficient (Wildman–Crippen LogP) is 4.74. The van der Waals surface area contributed by atoms with Crippen molar-refractivity contribution in [3.8, 4) is 0 Å². The molecule has 4 rings (SSSR count). The lowest BCUT2D eigenvalue weighted by atomic mass is 9.78. The Labute approximate surface area is 201 Å². The molecule has 0 aromatic heterocycles. The molecule has 2 aromatic carbocycles. The van der Waals surface area contributed by atoms with Crippen molar-refractivity contribution in [2.24, 2.45) is 17.8 Å². The topological polar surface area (TPSA) is 74.8 Å². The molecule has 1 aliphatic heterocycles. The minimum absolute atomic E-state index is 0.114. The average molecular weight is 485 g/mol. The van der Waals surface area contributed by atoms with Gasteiger partial charge in [-0.3, -0.25) is 19.2 Å². The molecule has 0 unspecified atom stereocenters. The monoisotopic (exact) mass is 484 g/mol. The number of benzene rings is 2. The molecule has 2 aromatic rings. The molecule has 2 aliphatic rings. The van der Waals surface area contributed by atoms with E-state index in [1.165, 1.54) is 18.2 Å². The van der Waals surface area contributed by atoms with Gasteiger partial charge < -0.3 is 0 Å². The number of Topliss-reactive ketones (excluding diaryl/α,β-unsaturated/α-hetero) is 1. The molecule has 1 heterocycles. The van der Waals surface area contributed by atoms with Crippen molar-refractivity contribution in [2.75, 3.05) is 6.54 Å². The molecular weight excluding hydrogens is 463 g/mol. The van der Waals surface area contributed by atoms with Gasteiger partial charge in [0, 0.05) is 11.1 Å². The maximum atomic E-state index is 13.5. The minimum atomic E-state index is -0.685. The summed E-state index contributed by atoms with van der Waals surface area (Å²) in [6.07, 6.45) is 4.19. The van der Waals surface area contributed by atoms with E-state index in [1.54, 1.807) is 24.3 Å². The highest BCUT2D eigenvalue weighted by Crippen LogP contribution is 2.39. The molecule has 1 saturated heterocycles. The zero-order chi connectivity index (χ0) is 23.9. The Morgan fingerprint density at radius 3 is 2.30 bits per heavy atom. The number of carbonyl (C=O) groups is 4. The Balaban J connectivity index is 1.72. The van der Waals surface area contributed by atoms with Crippen LogP contribution in [0.15, 0.2) is 54.6 Å². The Hall–Kier alpha value is -2.96. The molecule has 170 valence electrons. The molecule has 33 heavy (non-hydrogen) atoms. The number of carbonyl (C=O) groups excluding carboxylic acids is 4. The van der Waals surface area contributed by atoms with Crippen LogP contribution in [0.1, 0.15) is 39.6 Å². The smallest absolute Gasteiger partial charge is 0.273 e. The first kappa shape index (κ1) is 23.2. The van der Waals surface area contributed by atoms with Crippen molar-refractivity contribution in [1.29, 1.82) is 0 Å². The van der Waals surface area contributed by atoms with Gasteiger partial charge >= 0.3 is 0 Å². The second-order valence-corrected chi connectivity index (χ2v) is 9.24. The maximum Gasteiger partial charge on any atom is 0.273 e. The number of hydrogen-bond acceptors (Lipinski definition) is 4. The van der Waals surface area contributed by atoms with Crippen molar-refractivity contribution in [3.63, 3.8) is 0 Å². The zero-order valence-corrected chi connectivity index (χ0v) is 19.6. The van der Waals surface area contributed by atoms with Crippen molar-refractivity contribution in [1.82, 2.24) is 10.0 Å². The highest BCUT2D eigenvalue weighted by Gasteiger charge is 2.53. The number of hydrogen-bond donors (Lipinski definition) is 0. The number of halogens is 2. The largest absolute Gasteiger partial charge is 0.292 e. The predicted molar refractivity (Wildman–Crippen MR) is 125 cm³/mol. The second-order valence-electron chi connectivity index (χ2n) is 8.42. The summed E-state index contributed by atoms with van der Waals surface area (Å²) in [6.45, 7) is 3.29. The number of rotatable bonds is 5. The third-order valence-corrected chi connectivity index (χ3v) is 6.90. The van der Waals surface area contributed by atoms with Gasteiger partial charge in [-0.15, -0.1) is 0 Å². The van der Waals surface area contributed by atoms with Crippen LogP contribution in [0.4, 0.5) is 0 Å². The average Bonchev–Trinajstić information content (AvgIpc) is 3.05. The summed E-state index contributed by atoms with van der Waals surface area (Å²) in [5.74, 6) is -3.32. The molecule has 1 fully saturated rings. The number of allylic oxidation sites excluding steroid dienone is 2. The first-order valence-electron chi connectivity index (χ1n) is 10.6. The SMILES string of the molecule is Cc1ccc(C(=O)CN(C(=O)c2ccc(Cl)c(Cl)c2)N2C(=O)[C@@H]3[C@@H](C)C=CC[C@H]3C2=O)cc1. The number of hydrazine groups is 1. The van der Waals surface area contributed by atoms with E-state index in [4.69, 9.17) is 23.2 Å². The summed E-state index contributed by atoms with van der Waals surface area (Å²) in [5, 5.41) is 2.21. The third kappa shape index (κ3) is 4.33. The van der Waals surface area contributed by atoms with Gasteiger partial charge in [0.05, 0.1) is 21.9 Å². The van der Waals surface area contributed by atoms with Crippen molar-refractivity contribution < 1.29 is 19.2 Å². The number of nitrogens with zero attached hydrogens (tertiary/aromatic N) is 2. The molecule has 3 amide bonds. The molecule has 0 bridgehead atoms. The molecule has 8 heteroatoms. The van der Waals surface area contributed by atoms with E-state index in [9.17, 15) is 19.2 Å². The van der Waals surface area contributed by atoms with Crippen LogP contribution in [0.2, 0.25) is 10.0 Å². The first-order valence-corrected chi connectivity index (χ1v) is 11.4. The second kappa shape index (κ2) is 9.12. The van der Waals surface area contributed by atoms with E-state index in [2.05, 4.69) is 0 Å². The Morgan fingerprint density at radius 2 is 1.67 bits per heavy atom. The van der Waals surface area contributed by atoms with Gasteiger partial charge in [0.2, 0.25) is 0 Å². The summed E-state index contributed by atoms with van der Waals surface area (Å²) < 4.78 is 0. The van der Waals surface area contributed by atoms with Gasteiger partial charge in [-0.2, -0.15) is 5.01 Å². The lowest BCUT2D eigenvalue weighted by Gasteiger charge is -2.30. The van der Waals surface area contributed by atoms with E-state index >= 15 is 0 Å². The van der Waals surface area contributed by atoms with Crippen LogP contribution >= 0.6 is 23.2 Å². The van der Waals surface area contributed by atoms with Crippen LogP contribution in [-0.2, 0) is 9.59 Å². The van der Waals surface area contributed by atoms with E-state index in [0.29, 0.717) is 12.0 Å². The van der Waals surface area contributed by atoms with Gasteiger partial charge in [-0.05, 0) is 37.5 Å².